The van der Waals surface area contributed by atoms with E-state index >= 15 is 0 Å². The van der Waals surface area contributed by atoms with Crippen LogP contribution in [0.2, 0.25) is 0 Å². The van der Waals surface area contributed by atoms with Gasteiger partial charge in [0.25, 0.3) is 0 Å². The van der Waals surface area contributed by atoms with Gasteiger partial charge >= 0.3 is 5.76 Å². The average molecular weight is 425 g/mol. The molecule has 2 aromatic carbocycles. The highest BCUT2D eigenvalue weighted by molar-refractivity contribution is 5.75. The Bertz CT molecular complexity index is 1080. The summed E-state index contributed by atoms with van der Waals surface area (Å²) in [6.45, 7) is 3.47. The summed E-state index contributed by atoms with van der Waals surface area (Å²) in [7, 11) is 0. The molecule has 1 aliphatic rings. The van der Waals surface area contributed by atoms with Crippen LogP contribution in [0.15, 0.2) is 57.7 Å². The van der Waals surface area contributed by atoms with Crippen LogP contribution < -0.4 is 16.0 Å². The number of nitrogens with zero attached hydrogens (tertiary/aromatic N) is 2. The van der Waals surface area contributed by atoms with E-state index in [1.54, 1.807) is 4.90 Å². The topological polar surface area (TPSA) is 81.6 Å². The van der Waals surface area contributed by atoms with Crippen LogP contribution in [-0.2, 0) is 24.4 Å². The Kier molecular flexibility index (Phi) is 6.57. The second-order valence-corrected chi connectivity index (χ2v) is 7.87. The summed E-state index contributed by atoms with van der Waals surface area (Å²) in [6.07, 6.45) is 3.84. The van der Waals surface area contributed by atoms with Crippen LogP contribution in [0.25, 0.3) is 11.5 Å². The Balaban J connectivity index is 1.37. The maximum atomic E-state index is 13.1. The first kappa shape index (κ1) is 21.0. The third-order valence-electron chi connectivity index (χ3n) is 5.59. The van der Waals surface area contributed by atoms with Crippen molar-refractivity contribution in [3.63, 3.8) is 0 Å². The summed E-state index contributed by atoms with van der Waals surface area (Å²) in [5.74, 6) is -1.41. The van der Waals surface area contributed by atoms with E-state index in [0.717, 1.165) is 16.8 Å². The van der Waals surface area contributed by atoms with Gasteiger partial charge in [0, 0.05) is 17.7 Å². The molecule has 0 spiro atoms. The zero-order valence-electron chi connectivity index (χ0n) is 17.3. The van der Waals surface area contributed by atoms with Gasteiger partial charge in [0.1, 0.15) is 18.9 Å². The molecule has 0 radical (unpaired) electrons. The average Bonchev–Trinajstić information content (AvgIpc) is 3.14. The van der Waals surface area contributed by atoms with Crippen LogP contribution in [0.4, 0.5) is 4.39 Å². The number of aromatic nitrogens is 2. The number of benzene rings is 2. The second kappa shape index (κ2) is 9.70. The van der Waals surface area contributed by atoms with Crippen LogP contribution in [0, 0.1) is 5.82 Å². The number of quaternary nitrogens is 1. The van der Waals surface area contributed by atoms with Crippen LogP contribution in [0.3, 0.4) is 0 Å². The smallest absolute Gasteiger partial charge is 0.388 e. The number of rotatable bonds is 7. The molecule has 0 unspecified atom stereocenters. The van der Waals surface area contributed by atoms with Gasteiger partial charge in [-0.2, -0.15) is 4.68 Å². The van der Waals surface area contributed by atoms with Gasteiger partial charge < -0.3 is 14.6 Å². The number of likely N-dealkylation sites (tertiary alicyclic amines) is 1. The van der Waals surface area contributed by atoms with Crippen molar-refractivity contribution in [1.29, 1.82) is 0 Å². The number of halogens is 1. The minimum absolute atomic E-state index is 0.0488. The third-order valence-corrected chi connectivity index (χ3v) is 5.59. The Hall–Kier alpha value is -3.26. The molecule has 31 heavy (non-hydrogen) atoms. The first-order valence-electron chi connectivity index (χ1n) is 10.6. The van der Waals surface area contributed by atoms with E-state index in [1.807, 2.05) is 18.2 Å². The normalized spacial score (nSPS) is 14.5. The fourth-order valence-electron chi connectivity index (χ4n) is 3.90. The number of nitrogens with one attached hydrogen (secondary N) is 2. The summed E-state index contributed by atoms with van der Waals surface area (Å²) < 4.78 is 19.1. The van der Waals surface area contributed by atoms with Crippen molar-refractivity contribution >= 4 is 5.91 Å². The van der Waals surface area contributed by atoms with Gasteiger partial charge in [-0.15, -0.1) is 5.10 Å². The van der Waals surface area contributed by atoms with Gasteiger partial charge in [-0.25, -0.2) is 9.18 Å². The lowest BCUT2D eigenvalue weighted by Crippen LogP contribution is -3.11. The molecular weight excluding hydrogens is 399 g/mol. The number of hydrogen-bond donors (Lipinski definition) is 2. The molecule has 162 valence electrons. The Labute approximate surface area is 179 Å². The quantitative estimate of drug-likeness (QED) is 0.602. The predicted molar refractivity (Wildman–Crippen MR) is 113 cm³/mol. The van der Waals surface area contributed by atoms with E-state index in [1.165, 1.54) is 62.2 Å². The molecule has 0 saturated carbocycles. The molecule has 1 aliphatic heterocycles. The fourth-order valence-corrected chi connectivity index (χ4v) is 3.90. The van der Waals surface area contributed by atoms with Gasteiger partial charge in [-0.05, 0) is 49.1 Å². The Morgan fingerprint density at radius 1 is 1.06 bits per heavy atom. The first-order chi connectivity index (χ1) is 15.1. The largest absolute Gasteiger partial charge is 0.437 e. The fraction of sp³-hybridized carbons (Fsp3) is 0.348. The van der Waals surface area contributed by atoms with Gasteiger partial charge in [-0.1, -0.05) is 24.3 Å². The van der Waals surface area contributed by atoms with Crippen molar-refractivity contribution in [2.45, 2.75) is 38.9 Å². The monoisotopic (exact) mass is 425 g/mol. The second-order valence-electron chi connectivity index (χ2n) is 7.87. The highest BCUT2D eigenvalue weighted by atomic mass is 19.1. The number of carbonyl (C=O) groups excluding carboxylic acids is 1. The van der Waals surface area contributed by atoms with E-state index in [2.05, 4.69) is 16.5 Å². The van der Waals surface area contributed by atoms with Gasteiger partial charge in [0.2, 0.25) is 11.8 Å². The van der Waals surface area contributed by atoms with Crippen LogP contribution >= 0.6 is 0 Å². The lowest BCUT2D eigenvalue weighted by Gasteiger charge is -2.24. The molecule has 1 amide bonds. The van der Waals surface area contributed by atoms with E-state index in [4.69, 9.17) is 4.42 Å². The zero-order valence-corrected chi connectivity index (χ0v) is 17.3. The molecule has 2 heterocycles. The minimum Gasteiger partial charge on any atom is -0.388 e. The summed E-state index contributed by atoms with van der Waals surface area (Å²) in [6, 6.07) is 13.6. The molecule has 3 aromatic rings. The van der Waals surface area contributed by atoms with E-state index in [9.17, 15) is 14.0 Å². The molecule has 0 atom stereocenters. The van der Waals surface area contributed by atoms with Crippen LogP contribution in [0.5, 0.6) is 0 Å². The number of carbonyl (C=O) groups is 1. The molecule has 1 saturated heterocycles. The highest BCUT2D eigenvalue weighted by Crippen LogP contribution is 2.15. The molecule has 4 rings (SSSR count). The van der Waals surface area contributed by atoms with Gasteiger partial charge in [-0.3, -0.25) is 4.79 Å². The maximum Gasteiger partial charge on any atom is 0.437 e. The number of hydrogen-bond acceptors (Lipinski definition) is 4. The van der Waals surface area contributed by atoms with Crippen molar-refractivity contribution in [3.05, 3.63) is 76.0 Å². The zero-order chi connectivity index (χ0) is 21.6. The Morgan fingerprint density at radius 3 is 2.52 bits per heavy atom. The van der Waals surface area contributed by atoms with Crippen LogP contribution in [-0.4, -0.2) is 28.8 Å². The molecule has 0 aliphatic carbocycles. The summed E-state index contributed by atoms with van der Waals surface area (Å²) in [4.78, 5) is 26.0. The first-order valence-corrected chi connectivity index (χ1v) is 10.6. The van der Waals surface area contributed by atoms with Crippen molar-refractivity contribution in [2.75, 3.05) is 13.1 Å². The van der Waals surface area contributed by atoms with Gasteiger partial charge in [0.05, 0.1) is 13.1 Å². The third kappa shape index (κ3) is 5.46. The molecule has 0 bridgehead atoms. The predicted octanol–water partition coefficient (Wildman–Crippen LogP) is 1.53. The molecule has 1 fully saturated rings. The van der Waals surface area contributed by atoms with E-state index in [0.29, 0.717) is 12.1 Å². The summed E-state index contributed by atoms with van der Waals surface area (Å²) in [5, 5.41) is 6.92. The van der Waals surface area contributed by atoms with Gasteiger partial charge in [0.15, 0.2) is 0 Å². The molecular formula is C23H26FN4O3+. The summed E-state index contributed by atoms with van der Waals surface area (Å²) in [5.41, 5.74) is 2.78. The molecule has 1 aromatic heterocycles. The highest BCUT2D eigenvalue weighted by Gasteiger charge is 2.17. The van der Waals surface area contributed by atoms with Crippen molar-refractivity contribution in [2.24, 2.45) is 0 Å². The number of amides is 1. The van der Waals surface area contributed by atoms with Crippen LogP contribution in [0.1, 0.15) is 30.4 Å². The number of piperidine rings is 1. The van der Waals surface area contributed by atoms with Crippen molar-refractivity contribution < 1.29 is 18.5 Å². The molecule has 7 nitrogen and oxygen atoms in total. The SMILES string of the molecule is O=C(Cn1nc(-c2ccc(F)cc2)oc1=O)NCc1ccccc1C[NH+]1CCCCC1. The lowest BCUT2D eigenvalue weighted by atomic mass is 10.0. The molecule has 2 N–H and O–H groups in total. The Morgan fingerprint density at radius 2 is 1.77 bits per heavy atom. The standard InChI is InChI=1S/C23H25FN4O3/c24-20-10-8-17(9-11-20)22-26-28(23(30)31-22)16-21(29)25-14-18-6-2-3-7-19(18)15-27-12-4-1-5-13-27/h2-3,6-11H,1,4-5,12-16H2,(H,25,29)/p+1. The molecule has 8 heteroatoms. The van der Waals surface area contributed by atoms with E-state index in [-0.39, 0.29) is 18.3 Å². The van der Waals surface area contributed by atoms with Crippen molar-refractivity contribution in [1.82, 2.24) is 15.1 Å². The summed E-state index contributed by atoms with van der Waals surface area (Å²) >= 11 is 0. The maximum absolute atomic E-state index is 13.1. The van der Waals surface area contributed by atoms with E-state index < -0.39 is 11.6 Å². The lowest BCUT2D eigenvalue weighted by molar-refractivity contribution is -0.918. The minimum atomic E-state index is -0.733. The van der Waals surface area contributed by atoms with Crippen molar-refractivity contribution in [3.8, 4) is 11.5 Å².